The number of aliphatic hydroxyl groups is 1. The summed E-state index contributed by atoms with van der Waals surface area (Å²) in [7, 11) is 0. The summed E-state index contributed by atoms with van der Waals surface area (Å²) in [5, 5.41) is 9.17. The number of carbonyl (C=O) groups is 2. The second-order valence-electron chi connectivity index (χ2n) is 11.6. The summed E-state index contributed by atoms with van der Waals surface area (Å²) < 4.78 is 17.0. The molecule has 1 aliphatic heterocycles. The number of hydrogen-bond donors (Lipinski definition) is 1. The number of hydrogen-bond acceptors (Lipinski definition) is 6. The maximum Gasteiger partial charge on any atom is 0.333 e. The first kappa shape index (κ1) is 30.8. The highest BCUT2D eigenvalue weighted by molar-refractivity contribution is 5.86. The van der Waals surface area contributed by atoms with Gasteiger partial charge in [0.05, 0.1) is 31.8 Å². The van der Waals surface area contributed by atoms with Crippen LogP contribution in [0, 0.1) is 29.6 Å². The first-order valence-electron chi connectivity index (χ1n) is 14.5. The van der Waals surface area contributed by atoms with Crippen LogP contribution in [0.15, 0.2) is 12.2 Å². The van der Waals surface area contributed by atoms with E-state index >= 15 is 0 Å². The zero-order valence-corrected chi connectivity index (χ0v) is 23.2. The van der Waals surface area contributed by atoms with Crippen LogP contribution in [0.2, 0.25) is 0 Å². The van der Waals surface area contributed by atoms with Gasteiger partial charge in [0.2, 0.25) is 0 Å². The van der Waals surface area contributed by atoms with Crippen LogP contribution in [0.25, 0.3) is 0 Å². The molecule has 2 aliphatic rings. The van der Waals surface area contributed by atoms with Gasteiger partial charge in [0.15, 0.2) is 0 Å². The molecule has 208 valence electrons. The standard InChI is InChI=1S/C30H52O6/c1-5-6-7-8-24-9-11-25(12-10-24)13-14-26-15-16-28(34-19-26)17-27(20-35-29(32)22(2)3)21-36-30(33)23(4)18-31/h23-28,31H,2,5-21H2,1,3-4H3. The zero-order valence-electron chi connectivity index (χ0n) is 23.2. The number of unbranched alkanes of at least 4 members (excludes halogenated alkanes) is 2. The summed E-state index contributed by atoms with van der Waals surface area (Å²) in [6.07, 6.45) is 16.7. The SMILES string of the molecule is C=C(C)C(=O)OCC(COC(=O)C(C)CO)CC1CCC(CCC2CCC(CCCCC)CC2)CO1. The van der Waals surface area contributed by atoms with Gasteiger partial charge in [0.25, 0.3) is 0 Å². The van der Waals surface area contributed by atoms with Crippen LogP contribution < -0.4 is 0 Å². The molecule has 36 heavy (non-hydrogen) atoms. The van der Waals surface area contributed by atoms with Gasteiger partial charge in [-0.1, -0.05) is 71.3 Å². The van der Waals surface area contributed by atoms with Gasteiger partial charge < -0.3 is 19.3 Å². The number of ether oxygens (including phenoxy) is 3. The Bertz CT molecular complexity index is 646. The van der Waals surface area contributed by atoms with Crippen molar-refractivity contribution in [1.29, 1.82) is 0 Å². The second kappa shape index (κ2) is 17.2. The minimum Gasteiger partial charge on any atom is -0.465 e. The van der Waals surface area contributed by atoms with E-state index in [1.54, 1.807) is 13.8 Å². The van der Waals surface area contributed by atoms with Crippen molar-refractivity contribution in [2.75, 3.05) is 26.4 Å². The first-order chi connectivity index (χ1) is 17.3. The Labute approximate surface area is 219 Å². The molecule has 1 aliphatic carbocycles. The fraction of sp³-hybridized carbons (Fsp3) is 0.867. The van der Waals surface area contributed by atoms with Crippen LogP contribution in [-0.2, 0) is 23.8 Å². The molecule has 1 saturated heterocycles. The van der Waals surface area contributed by atoms with Crippen molar-refractivity contribution in [1.82, 2.24) is 0 Å². The molecule has 1 saturated carbocycles. The summed E-state index contributed by atoms with van der Waals surface area (Å²) in [6.45, 7) is 10.0. The molecule has 6 nitrogen and oxygen atoms in total. The van der Waals surface area contributed by atoms with E-state index in [4.69, 9.17) is 14.2 Å². The second-order valence-corrected chi connectivity index (χ2v) is 11.6. The van der Waals surface area contributed by atoms with Crippen molar-refractivity contribution in [3.05, 3.63) is 12.2 Å². The van der Waals surface area contributed by atoms with Crippen LogP contribution in [0.5, 0.6) is 0 Å². The highest BCUT2D eigenvalue weighted by Crippen LogP contribution is 2.36. The molecule has 2 rings (SSSR count). The molecule has 0 spiro atoms. The van der Waals surface area contributed by atoms with Gasteiger partial charge in [-0.25, -0.2) is 4.79 Å². The minimum absolute atomic E-state index is 0.0855. The lowest BCUT2D eigenvalue weighted by molar-refractivity contribution is -0.153. The summed E-state index contributed by atoms with van der Waals surface area (Å²) in [5.74, 6) is 0.923. The third kappa shape index (κ3) is 11.8. The Hall–Kier alpha value is -1.40. The molecule has 1 heterocycles. The average Bonchev–Trinajstić information content (AvgIpc) is 2.89. The maximum absolute atomic E-state index is 12.0. The maximum atomic E-state index is 12.0. The fourth-order valence-electron chi connectivity index (χ4n) is 5.53. The Morgan fingerprint density at radius 2 is 1.56 bits per heavy atom. The van der Waals surface area contributed by atoms with E-state index in [2.05, 4.69) is 13.5 Å². The molecule has 6 heteroatoms. The highest BCUT2D eigenvalue weighted by atomic mass is 16.5. The van der Waals surface area contributed by atoms with Crippen molar-refractivity contribution in [3.63, 3.8) is 0 Å². The molecule has 4 unspecified atom stereocenters. The van der Waals surface area contributed by atoms with E-state index in [-0.39, 0.29) is 31.8 Å². The Kier molecular flexibility index (Phi) is 14.7. The van der Waals surface area contributed by atoms with Gasteiger partial charge in [0, 0.05) is 18.1 Å². The van der Waals surface area contributed by atoms with Gasteiger partial charge in [-0.05, 0) is 57.3 Å². The molecule has 0 aromatic carbocycles. The lowest BCUT2D eigenvalue weighted by Crippen LogP contribution is -2.32. The van der Waals surface area contributed by atoms with Gasteiger partial charge in [-0.2, -0.15) is 0 Å². The molecular weight excluding hydrogens is 456 g/mol. The number of esters is 2. The largest absolute Gasteiger partial charge is 0.465 e. The molecule has 0 aromatic heterocycles. The smallest absolute Gasteiger partial charge is 0.333 e. The van der Waals surface area contributed by atoms with E-state index < -0.39 is 17.9 Å². The van der Waals surface area contributed by atoms with Gasteiger partial charge in [-0.15, -0.1) is 0 Å². The van der Waals surface area contributed by atoms with Crippen LogP contribution in [0.1, 0.15) is 104 Å². The van der Waals surface area contributed by atoms with E-state index in [1.807, 2.05) is 0 Å². The summed E-state index contributed by atoms with van der Waals surface area (Å²) in [4.78, 5) is 23.9. The van der Waals surface area contributed by atoms with Crippen LogP contribution in [0.4, 0.5) is 0 Å². The molecule has 4 atom stereocenters. The fourth-order valence-corrected chi connectivity index (χ4v) is 5.53. The van der Waals surface area contributed by atoms with E-state index in [1.165, 1.54) is 64.2 Å². The predicted molar refractivity (Wildman–Crippen MR) is 142 cm³/mol. The van der Waals surface area contributed by atoms with Crippen molar-refractivity contribution >= 4 is 11.9 Å². The number of aliphatic hydroxyl groups excluding tert-OH is 1. The lowest BCUT2D eigenvalue weighted by Gasteiger charge is -2.33. The zero-order chi connectivity index (χ0) is 26.3. The van der Waals surface area contributed by atoms with E-state index in [0.29, 0.717) is 17.9 Å². The minimum atomic E-state index is -0.564. The predicted octanol–water partition coefficient (Wildman–Crippen LogP) is 6.25. The van der Waals surface area contributed by atoms with Gasteiger partial charge >= 0.3 is 11.9 Å². The number of rotatable bonds is 16. The molecule has 0 radical (unpaired) electrons. The normalized spacial score (nSPS) is 26.1. The number of carbonyl (C=O) groups excluding carboxylic acids is 2. The first-order valence-corrected chi connectivity index (χ1v) is 14.5. The Morgan fingerprint density at radius 3 is 2.14 bits per heavy atom. The van der Waals surface area contributed by atoms with Crippen LogP contribution in [0.3, 0.4) is 0 Å². The lowest BCUT2D eigenvalue weighted by atomic mass is 9.77. The van der Waals surface area contributed by atoms with Crippen LogP contribution >= 0.6 is 0 Å². The Balaban J connectivity index is 1.69. The molecule has 0 bridgehead atoms. The summed E-state index contributed by atoms with van der Waals surface area (Å²) >= 11 is 0. The van der Waals surface area contributed by atoms with Crippen LogP contribution in [-0.4, -0.2) is 49.6 Å². The van der Waals surface area contributed by atoms with Gasteiger partial charge in [0.1, 0.15) is 0 Å². The van der Waals surface area contributed by atoms with Crippen molar-refractivity contribution in [2.24, 2.45) is 29.6 Å². The van der Waals surface area contributed by atoms with Crippen molar-refractivity contribution in [3.8, 4) is 0 Å². The summed E-state index contributed by atoms with van der Waals surface area (Å²) in [6, 6.07) is 0. The molecule has 0 aromatic rings. The van der Waals surface area contributed by atoms with Crippen molar-refractivity contribution in [2.45, 2.75) is 110 Å². The average molecular weight is 509 g/mol. The van der Waals surface area contributed by atoms with Crippen molar-refractivity contribution < 1.29 is 28.9 Å². The topological polar surface area (TPSA) is 82.1 Å². The molecule has 1 N–H and O–H groups in total. The molecular formula is C30H52O6. The molecule has 2 fully saturated rings. The van der Waals surface area contributed by atoms with E-state index in [9.17, 15) is 14.7 Å². The Morgan fingerprint density at radius 1 is 0.944 bits per heavy atom. The van der Waals surface area contributed by atoms with E-state index in [0.717, 1.165) is 31.3 Å². The third-order valence-electron chi connectivity index (χ3n) is 8.16. The highest BCUT2D eigenvalue weighted by Gasteiger charge is 2.28. The summed E-state index contributed by atoms with van der Waals surface area (Å²) in [5.41, 5.74) is 0.349. The van der Waals surface area contributed by atoms with Gasteiger partial charge in [-0.3, -0.25) is 4.79 Å². The quantitative estimate of drug-likeness (QED) is 0.151. The third-order valence-corrected chi connectivity index (χ3v) is 8.16. The monoisotopic (exact) mass is 508 g/mol. The molecule has 0 amide bonds.